The number of rotatable bonds is 8. The average Bonchev–Trinajstić information content (AvgIpc) is 3.35. The van der Waals surface area contributed by atoms with Crippen molar-refractivity contribution in [2.75, 3.05) is 7.05 Å². The highest BCUT2D eigenvalue weighted by Gasteiger charge is 2.22. The number of aromatic nitrogens is 3. The van der Waals surface area contributed by atoms with Gasteiger partial charge in [0.15, 0.2) is 5.69 Å². The van der Waals surface area contributed by atoms with E-state index < -0.39 is 23.7 Å². The van der Waals surface area contributed by atoms with Gasteiger partial charge in [0, 0.05) is 25.2 Å². The number of nitrogens with zero attached hydrogens (tertiary/aromatic N) is 5. The van der Waals surface area contributed by atoms with E-state index in [1.54, 1.807) is 7.05 Å². The van der Waals surface area contributed by atoms with Gasteiger partial charge in [-0.1, -0.05) is 25.1 Å². The van der Waals surface area contributed by atoms with Gasteiger partial charge in [-0.15, -0.1) is 10.2 Å². The second-order valence-electron chi connectivity index (χ2n) is 13.3. The number of aliphatic hydroxyl groups excluding tert-OH is 1. The normalized spacial score (nSPS) is 16.7. The molecule has 3 N–H and O–H groups in total. The van der Waals surface area contributed by atoms with Crippen molar-refractivity contribution >= 4 is 11.7 Å². The van der Waals surface area contributed by atoms with Crippen LogP contribution in [-0.2, 0) is 22.4 Å². The topological polar surface area (TPSA) is 149 Å². The summed E-state index contributed by atoms with van der Waals surface area (Å²) in [7, 11) is 1.70. The van der Waals surface area contributed by atoms with E-state index in [-0.39, 0.29) is 11.9 Å². The molecule has 3 aromatic rings. The number of carbonyl (C=O) groups excluding carboxylic acids is 1. The molecule has 11 nitrogen and oxygen atoms in total. The summed E-state index contributed by atoms with van der Waals surface area (Å²) in [5.74, 6) is 0.455. The Morgan fingerprint density at radius 1 is 1.09 bits per heavy atom. The first-order valence-electron chi connectivity index (χ1n) is 15.4. The number of nitrogens with two attached hydrogens (primary N) is 1. The molecule has 45 heavy (non-hydrogen) atoms. The predicted octanol–water partition coefficient (Wildman–Crippen LogP) is 5.61. The van der Waals surface area contributed by atoms with E-state index in [0.29, 0.717) is 29.1 Å². The first-order valence-corrected chi connectivity index (χ1v) is 15.4. The summed E-state index contributed by atoms with van der Waals surface area (Å²) in [6, 6.07) is 11.5. The summed E-state index contributed by atoms with van der Waals surface area (Å²) in [5.41, 5.74) is 9.76. The number of ether oxygens (including phenoxy) is 2. The summed E-state index contributed by atoms with van der Waals surface area (Å²) in [5, 5.41) is 19.7. The molecule has 4 rings (SSSR count). The van der Waals surface area contributed by atoms with Crippen molar-refractivity contribution in [2.45, 2.75) is 104 Å². The Morgan fingerprint density at radius 3 is 2.38 bits per heavy atom. The quantitative estimate of drug-likeness (QED) is 0.307. The lowest BCUT2D eigenvalue weighted by Gasteiger charge is -2.24. The summed E-state index contributed by atoms with van der Waals surface area (Å²) in [6.07, 6.45) is 3.47. The Morgan fingerprint density at radius 2 is 1.78 bits per heavy atom. The van der Waals surface area contributed by atoms with Crippen molar-refractivity contribution in [1.29, 1.82) is 0 Å². The molecule has 2 atom stereocenters. The van der Waals surface area contributed by atoms with Crippen LogP contribution >= 0.6 is 0 Å². The van der Waals surface area contributed by atoms with E-state index in [9.17, 15) is 9.90 Å². The molecular formula is C34H46N6O5. The standard InChI is InChI=1S/C34H46N6O5/c1-9-21-18-26(23-14-16-25(35)17-15-23)36-28(27(19-21)37-31(41)44-33(2,3)4)30-39-38-29(43-30)24-12-10-22(11-13-24)20-40(8)32(42)45-34(5,6)7/h10-14,18-19,25,31,41H,9,15-17,20,35H2,1-8H3. The van der Waals surface area contributed by atoms with Crippen LogP contribution in [0.3, 0.4) is 0 Å². The van der Waals surface area contributed by atoms with Gasteiger partial charge in [-0.25, -0.2) is 14.8 Å². The minimum absolute atomic E-state index is 0.133. The van der Waals surface area contributed by atoms with Gasteiger partial charge in [0.25, 0.3) is 12.3 Å². The molecule has 0 fully saturated rings. The predicted molar refractivity (Wildman–Crippen MR) is 172 cm³/mol. The molecule has 2 unspecified atom stereocenters. The molecule has 0 spiro atoms. The van der Waals surface area contributed by atoms with Gasteiger partial charge in [-0.05, 0) is 108 Å². The third-order valence-corrected chi connectivity index (χ3v) is 6.97. The molecule has 1 aliphatic rings. The molecule has 0 bridgehead atoms. The largest absolute Gasteiger partial charge is 0.444 e. The smallest absolute Gasteiger partial charge is 0.410 e. The van der Waals surface area contributed by atoms with Crippen molar-refractivity contribution < 1.29 is 23.8 Å². The monoisotopic (exact) mass is 618 g/mol. The van der Waals surface area contributed by atoms with Crippen LogP contribution in [0.5, 0.6) is 0 Å². The molecule has 11 heteroatoms. The third kappa shape index (κ3) is 9.78. The van der Waals surface area contributed by atoms with Crippen LogP contribution in [0.2, 0.25) is 0 Å². The maximum Gasteiger partial charge on any atom is 0.410 e. The van der Waals surface area contributed by atoms with Crippen molar-refractivity contribution in [1.82, 2.24) is 20.1 Å². The minimum atomic E-state index is -1.43. The van der Waals surface area contributed by atoms with Gasteiger partial charge in [-0.3, -0.25) is 0 Å². The molecule has 0 saturated carbocycles. The fraction of sp³-hybridized carbons (Fsp3) is 0.500. The Kier molecular flexibility index (Phi) is 10.6. The molecule has 2 heterocycles. The Balaban J connectivity index is 1.71. The molecule has 2 aromatic heterocycles. The molecule has 0 saturated heterocycles. The number of amides is 1. The van der Waals surface area contributed by atoms with Crippen LogP contribution < -0.4 is 11.1 Å². The second-order valence-corrected chi connectivity index (χ2v) is 13.3. The second kappa shape index (κ2) is 14.0. The first-order chi connectivity index (χ1) is 21.1. The van der Waals surface area contributed by atoms with Crippen LogP contribution in [0, 0.1) is 0 Å². The highest BCUT2D eigenvalue weighted by Crippen LogP contribution is 2.28. The Bertz CT molecular complexity index is 1580. The zero-order chi connectivity index (χ0) is 32.9. The van der Waals surface area contributed by atoms with Gasteiger partial charge in [-0.2, -0.15) is 0 Å². The number of allylic oxidation sites excluding steroid dienone is 1. The van der Waals surface area contributed by atoms with Crippen LogP contribution in [-0.4, -0.2) is 62.0 Å². The van der Waals surface area contributed by atoms with Crippen molar-refractivity contribution in [3.8, 4) is 23.0 Å². The fourth-order valence-corrected chi connectivity index (χ4v) is 4.71. The van der Waals surface area contributed by atoms with Gasteiger partial charge in [0.2, 0.25) is 5.89 Å². The molecule has 1 amide bonds. The lowest BCUT2D eigenvalue weighted by atomic mass is 9.93. The zero-order valence-electron chi connectivity index (χ0n) is 27.6. The molecular weight excluding hydrogens is 572 g/mol. The number of aryl methyl sites for hydroxylation is 1. The van der Waals surface area contributed by atoms with E-state index >= 15 is 0 Å². The Hall–Kier alpha value is -3.93. The zero-order valence-corrected chi connectivity index (χ0v) is 27.6. The molecule has 1 aromatic carbocycles. The maximum absolute atomic E-state index is 12.4. The van der Waals surface area contributed by atoms with Gasteiger partial charge < -0.3 is 29.6 Å². The minimum Gasteiger partial charge on any atom is -0.444 e. The average molecular weight is 619 g/mol. The summed E-state index contributed by atoms with van der Waals surface area (Å²) in [6.45, 7) is 13.5. The van der Waals surface area contributed by atoms with Crippen LogP contribution in [0.1, 0.15) is 84.5 Å². The highest BCUT2D eigenvalue weighted by atomic mass is 16.6. The van der Waals surface area contributed by atoms with E-state index in [0.717, 1.165) is 48.1 Å². The Labute approximate surface area is 265 Å². The SMILES string of the molecule is CCc1cc(C2=CCC(N)CC2)nc(-c2nnc(-c3ccc(CN(C)C(=O)OC(C)(C)C)cc3)o2)c(=NC(O)OC(C)(C)C)c1. The lowest BCUT2D eigenvalue weighted by Crippen LogP contribution is -2.33. The fourth-order valence-electron chi connectivity index (χ4n) is 4.71. The third-order valence-electron chi connectivity index (χ3n) is 6.97. The number of aliphatic hydroxyl groups is 1. The van der Waals surface area contributed by atoms with Crippen molar-refractivity contribution in [2.24, 2.45) is 10.7 Å². The molecule has 1 aliphatic carbocycles. The summed E-state index contributed by atoms with van der Waals surface area (Å²) < 4.78 is 17.3. The number of benzene rings is 1. The van der Waals surface area contributed by atoms with E-state index in [4.69, 9.17) is 24.6 Å². The number of carbonyl (C=O) groups is 1. The highest BCUT2D eigenvalue weighted by molar-refractivity contribution is 5.68. The van der Waals surface area contributed by atoms with E-state index in [1.807, 2.05) is 77.9 Å². The van der Waals surface area contributed by atoms with E-state index in [2.05, 4.69) is 28.2 Å². The number of hydrogen-bond donors (Lipinski definition) is 2. The van der Waals surface area contributed by atoms with Gasteiger partial charge in [0.05, 0.1) is 16.7 Å². The summed E-state index contributed by atoms with van der Waals surface area (Å²) in [4.78, 5) is 23.4. The van der Waals surface area contributed by atoms with Gasteiger partial charge in [0.1, 0.15) is 5.60 Å². The maximum atomic E-state index is 12.4. The molecule has 0 aliphatic heterocycles. The van der Waals surface area contributed by atoms with Crippen molar-refractivity contribution in [3.63, 3.8) is 0 Å². The van der Waals surface area contributed by atoms with E-state index in [1.165, 1.54) is 4.90 Å². The van der Waals surface area contributed by atoms with Crippen LogP contribution in [0.15, 0.2) is 51.9 Å². The van der Waals surface area contributed by atoms with Crippen LogP contribution in [0.25, 0.3) is 28.6 Å². The molecule has 0 radical (unpaired) electrons. The van der Waals surface area contributed by atoms with Crippen LogP contribution in [0.4, 0.5) is 4.79 Å². The van der Waals surface area contributed by atoms with Crippen molar-refractivity contribution in [3.05, 3.63) is 64.7 Å². The summed E-state index contributed by atoms with van der Waals surface area (Å²) >= 11 is 0. The lowest BCUT2D eigenvalue weighted by molar-refractivity contribution is -0.161. The first kappa shape index (κ1) is 34.0. The number of hydrogen-bond acceptors (Lipinski definition) is 10. The molecule has 242 valence electrons. The van der Waals surface area contributed by atoms with Gasteiger partial charge >= 0.3 is 6.09 Å².